The molecule has 30 heavy (non-hydrogen) atoms. The molecule has 0 saturated carbocycles. The second kappa shape index (κ2) is 22.7. The number of unbranched alkanes of at least 4 members (excludes halogenated alkanes) is 14. The van der Waals surface area contributed by atoms with Gasteiger partial charge in [0.25, 0.3) is 0 Å². The predicted octanol–water partition coefficient (Wildman–Crippen LogP) is 5.30. The summed E-state index contributed by atoms with van der Waals surface area (Å²) in [5.74, 6) is -2.55. The SMILES string of the molecule is CCCCCCCCCCCCCCCCCC(=O)N[C@@H](CCC(=O)O)C(=O)O.[Li]. The van der Waals surface area contributed by atoms with E-state index in [9.17, 15) is 14.4 Å². The van der Waals surface area contributed by atoms with Crippen LogP contribution < -0.4 is 5.32 Å². The average molecular weight is 421 g/mol. The third-order valence-corrected chi connectivity index (χ3v) is 5.29. The Balaban J connectivity index is 0. The predicted molar refractivity (Wildman–Crippen MR) is 122 cm³/mol. The van der Waals surface area contributed by atoms with Crippen molar-refractivity contribution in [1.82, 2.24) is 5.32 Å². The Kier molecular flexibility index (Phi) is 23.6. The van der Waals surface area contributed by atoms with E-state index in [-0.39, 0.29) is 37.6 Å². The van der Waals surface area contributed by atoms with Gasteiger partial charge in [-0.15, -0.1) is 0 Å². The van der Waals surface area contributed by atoms with Crippen molar-refractivity contribution in [3.63, 3.8) is 0 Å². The molecule has 0 unspecified atom stereocenters. The molecular weight excluding hydrogens is 377 g/mol. The number of carboxylic acid groups (broad SMARTS) is 2. The summed E-state index contributed by atoms with van der Waals surface area (Å²) in [5, 5.41) is 20.1. The van der Waals surface area contributed by atoms with Gasteiger partial charge in [-0.25, -0.2) is 4.79 Å². The van der Waals surface area contributed by atoms with E-state index >= 15 is 0 Å². The minimum atomic E-state index is -1.18. The number of nitrogens with one attached hydrogen (secondary N) is 1. The van der Waals surface area contributed by atoms with Crippen LogP contribution in [0.25, 0.3) is 0 Å². The van der Waals surface area contributed by atoms with Crippen LogP contribution in [0.5, 0.6) is 0 Å². The maximum Gasteiger partial charge on any atom is 0.326 e. The molecule has 0 aliphatic carbocycles. The molecule has 171 valence electrons. The first kappa shape index (κ1) is 31.2. The van der Waals surface area contributed by atoms with Crippen LogP contribution in [0, 0.1) is 0 Å². The summed E-state index contributed by atoms with van der Waals surface area (Å²) in [4.78, 5) is 33.4. The van der Waals surface area contributed by atoms with E-state index < -0.39 is 18.0 Å². The molecule has 0 saturated heterocycles. The summed E-state index contributed by atoms with van der Waals surface area (Å²) in [6.45, 7) is 2.25. The minimum absolute atomic E-state index is 0. The summed E-state index contributed by atoms with van der Waals surface area (Å²) >= 11 is 0. The topological polar surface area (TPSA) is 104 Å². The Morgan fingerprint density at radius 3 is 1.43 bits per heavy atom. The average Bonchev–Trinajstić information content (AvgIpc) is 2.67. The van der Waals surface area contributed by atoms with Gasteiger partial charge in [0.15, 0.2) is 0 Å². The van der Waals surface area contributed by atoms with Crippen molar-refractivity contribution in [3.8, 4) is 0 Å². The van der Waals surface area contributed by atoms with Gasteiger partial charge in [0.1, 0.15) is 6.04 Å². The number of carboxylic acids is 2. The molecule has 0 aromatic heterocycles. The molecule has 0 bridgehead atoms. The molecule has 1 amide bonds. The second-order valence-corrected chi connectivity index (χ2v) is 8.09. The number of aliphatic carboxylic acids is 2. The van der Waals surface area contributed by atoms with Gasteiger partial charge in [-0.3, -0.25) is 9.59 Å². The standard InChI is InChI=1S/C23H43NO5.Li/c1-2-3-4-5-6-7-8-9-10-11-12-13-14-15-16-17-21(25)24-20(23(28)29)18-19-22(26)27;/h20H,2-19H2,1H3,(H,24,25)(H,26,27)(H,28,29);/t20-;/m0./s1. The molecule has 0 aliphatic rings. The van der Waals surface area contributed by atoms with E-state index in [0.29, 0.717) is 6.42 Å². The van der Waals surface area contributed by atoms with E-state index in [4.69, 9.17) is 10.2 Å². The number of carbonyl (C=O) groups is 3. The van der Waals surface area contributed by atoms with Gasteiger partial charge in [-0.2, -0.15) is 0 Å². The zero-order valence-corrected chi connectivity index (χ0v) is 19.4. The molecule has 6 nitrogen and oxygen atoms in total. The van der Waals surface area contributed by atoms with Gasteiger partial charge in [0.2, 0.25) is 5.91 Å². The first-order chi connectivity index (χ1) is 14.0. The zero-order valence-electron chi connectivity index (χ0n) is 19.4. The fourth-order valence-electron chi connectivity index (χ4n) is 3.45. The Morgan fingerprint density at radius 1 is 0.667 bits per heavy atom. The summed E-state index contributed by atoms with van der Waals surface area (Å²) < 4.78 is 0. The summed E-state index contributed by atoms with van der Waals surface area (Å²) in [6.07, 6.45) is 18.8. The van der Waals surface area contributed by atoms with Gasteiger partial charge in [0, 0.05) is 31.7 Å². The van der Waals surface area contributed by atoms with Crippen molar-refractivity contribution in [3.05, 3.63) is 0 Å². The van der Waals surface area contributed by atoms with Gasteiger partial charge >= 0.3 is 11.9 Å². The summed E-state index contributed by atoms with van der Waals surface area (Å²) in [5.41, 5.74) is 0. The third kappa shape index (κ3) is 21.7. The van der Waals surface area contributed by atoms with Crippen molar-refractivity contribution in [2.45, 2.75) is 129 Å². The van der Waals surface area contributed by atoms with E-state index in [2.05, 4.69) is 12.2 Å². The molecule has 1 atom stereocenters. The number of rotatable bonds is 21. The van der Waals surface area contributed by atoms with Gasteiger partial charge in [-0.1, -0.05) is 96.8 Å². The van der Waals surface area contributed by atoms with Crippen molar-refractivity contribution < 1.29 is 24.6 Å². The number of hydrogen-bond donors (Lipinski definition) is 3. The number of amides is 1. The molecule has 3 N–H and O–H groups in total. The molecule has 0 rings (SSSR count). The zero-order chi connectivity index (χ0) is 21.7. The van der Waals surface area contributed by atoms with Crippen LogP contribution >= 0.6 is 0 Å². The largest absolute Gasteiger partial charge is 0.481 e. The van der Waals surface area contributed by atoms with E-state index in [1.165, 1.54) is 77.0 Å². The van der Waals surface area contributed by atoms with E-state index in [0.717, 1.165) is 19.3 Å². The fraction of sp³-hybridized carbons (Fsp3) is 0.870. The van der Waals surface area contributed by atoms with Gasteiger partial charge < -0.3 is 15.5 Å². The molecule has 0 fully saturated rings. The quantitative estimate of drug-likeness (QED) is 0.173. The smallest absolute Gasteiger partial charge is 0.326 e. The Bertz CT molecular complexity index is 445. The Hall–Kier alpha value is -0.993. The van der Waals surface area contributed by atoms with Crippen LogP contribution in [0.2, 0.25) is 0 Å². The second-order valence-electron chi connectivity index (χ2n) is 8.09. The minimum Gasteiger partial charge on any atom is -0.481 e. The fourth-order valence-corrected chi connectivity index (χ4v) is 3.45. The molecule has 0 aliphatic heterocycles. The van der Waals surface area contributed by atoms with Crippen molar-refractivity contribution in [2.75, 3.05) is 0 Å². The number of carbonyl (C=O) groups excluding carboxylic acids is 1. The monoisotopic (exact) mass is 420 g/mol. The first-order valence-electron chi connectivity index (χ1n) is 11.7. The van der Waals surface area contributed by atoms with Crippen LogP contribution in [0.15, 0.2) is 0 Å². The van der Waals surface area contributed by atoms with Crippen molar-refractivity contribution >= 4 is 36.7 Å². The molecule has 0 spiro atoms. The molecular formula is C23H43LiNO5. The van der Waals surface area contributed by atoms with E-state index in [1.807, 2.05) is 0 Å². The van der Waals surface area contributed by atoms with Crippen LogP contribution in [0.1, 0.15) is 122 Å². The van der Waals surface area contributed by atoms with E-state index in [1.54, 1.807) is 0 Å². The normalized spacial score (nSPS) is 11.5. The third-order valence-electron chi connectivity index (χ3n) is 5.29. The maximum atomic E-state index is 11.8. The first-order valence-corrected chi connectivity index (χ1v) is 11.7. The number of hydrogen-bond acceptors (Lipinski definition) is 3. The van der Waals surface area contributed by atoms with Crippen LogP contribution in [-0.2, 0) is 14.4 Å². The molecule has 7 heteroatoms. The maximum absolute atomic E-state index is 11.8. The molecule has 0 heterocycles. The van der Waals surface area contributed by atoms with Crippen molar-refractivity contribution in [2.24, 2.45) is 0 Å². The van der Waals surface area contributed by atoms with Crippen LogP contribution in [0.3, 0.4) is 0 Å². The molecule has 0 aromatic carbocycles. The molecule has 0 aromatic rings. The molecule has 1 radical (unpaired) electrons. The Labute approximate surface area is 195 Å². The summed E-state index contributed by atoms with van der Waals surface area (Å²) in [7, 11) is 0. The summed E-state index contributed by atoms with van der Waals surface area (Å²) in [6, 6.07) is -1.12. The van der Waals surface area contributed by atoms with Crippen molar-refractivity contribution in [1.29, 1.82) is 0 Å². The van der Waals surface area contributed by atoms with Gasteiger partial charge in [0.05, 0.1) is 0 Å². The van der Waals surface area contributed by atoms with Crippen LogP contribution in [0.4, 0.5) is 0 Å². The van der Waals surface area contributed by atoms with Gasteiger partial charge in [-0.05, 0) is 12.8 Å². The van der Waals surface area contributed by atoms with Crippen LogP contribution in [-0.4, -0.2) is 53.0 Å². The Morgan fingerprint density at radius 2 is 1.07 bits per heavy atom.